The number of anilines is 1. The van der Waals surface area contributed by atoms with Crippen molar-refractivity contribution in [3.63, 3.8) is 0 Å². The molecule has 1 heterocycles. The van der Waals surface area contributed by atoms with Gasteiger partial charge >= 0.3 is 5.97 Å². The van der Waals surface area contributed by atoms with E-state index in [0.29, 0.717) is 5.69 Å². The molecule has 6 nitrogen and oxygen atoms in total. The van der Waals surface area contributed by atoms with Gasteiger partial charge in [0.15, 0.2) is 0 Å². The van der Waals surface area contributed by atoms with Gasteiger partial charge in [0.05, 0.1) is 5.56 Å². The summed E-state index contributed by atoms with van der Waals surface area (Å²) in [4.78, 5) is 23.8. The molecular weight excluding hydrogens is 414 g/mol. The van der Waals surface area contributed by atoms with E-state index in [1.807, 2.05) is 26.0 Å². The predicted octanol–water partition coefficient (Wildman–Crippen LogP) is 5.68. The number of aromatic nitrogens is 1. The molecule has 0 saturated carbocycles. The average Bonchev–Trinajstić information content (AvgIpc) is 3.09. The number of amides is 1. The Labute approximate surface area is 193 Å². The molecule has 1 amide bonds. The average molecular weight is 442 g/mol. The summed E-state index contributed by atoms with van der Waals surface area (Å²) >= 11 is 0. The number of carboxylic acid groups (broad SMARTS) is 1. The molecule has 0 aliphatic heterocycles. The SMILES string of the molecule is CCCCc1ccc(-n2c(C)cc(C=C(C#N)C(=O)Nc3cccc(C(=O)O)c3)c2C)cc1. The van der Waals surface area contributed by atoms with Crippen LogP contribution in [0, 0.1) is 25.2 Å². The third kappa shape index (κ3) is 5.58. The summed E-state index contributed by atoms with van der Waals surface area (Å²) in [5, 5.41) is 21.3. The van der Waals surface area contributed by atoms with Gasteiger partial charge in [-0.25, -0.2) is 4.79 Å². The number of nitrogens with one attached hydrogen (secondary N) is 1. The maximum Gasteiger partial charge on any atom is 0.335 e. The fourth-order valence-electron chi connectivity index (χ4n) is 3.76. The number of carbonyl (C=O) groups excluding carboxylic acids is 1. The van der Waals surface area contributed by atoms with Gasteiger partial charge in [-0.05, 0) is 80.3 Å². The smallest absolute Gasteiger partial charge is 0.335 e. The van der Waals surface area contributed by atoms with Gasteiger partial charge < -0.3 is 15.0 Å². The normalized spacial score (nSPS) is 11.2. The molecule has 0 aliphatic carbocycles. The van der Waals surface area contributed by atoms with Crippen LogP contribution in [0.3, 0.4) is 0 Å². The van der Waals surface area contributed by atoms with Crippen molar-refractivity contribution in [1.29, 1.82) is 5.26 Å². The minimum absolute atomic E-state index is 0.0551. The number of aromatic carboxylic acids is 1. The highest BCUT2D eigenvalue weighted by molar-refractivity contribution is 6.10. The van der Waals surface area contributed by atoms with Gasteiger partial charge in [0, 0.05) is 22.8 Å². The van der Waals surface area contributed by atoms with E-state index in [4.69, 9.17) is 5.11 Å². The molecule has 0 fully saturated rings. The molecule has 0 atom stereocenters. The predicted molar refractivity (Wildman–Crippen MR) is 129 cm³/mol. The Balaban J connectivity index is 1.86. The summed E-state index contributed by atoms with van der Waals surface area (Å²) in [7, 11) is 0. The van der Waals surface area contributed by atoms with E-state index in [2.05, 4.69) is 41.1 Å². The van der Waals surface area contributed by atoms with Gasteiger partial charge in [-0.3, -0.25) is 4.79 Å². The first kappa shape index (κ1) is 23.6. The Morgan fingerprint density at radius 2 is 1.85 bits per heavy atom. The second-order valence-electron chi connectivity index (χ2n) is 7.94. The van der Waals surface area contributed by atoms with Gasteiger partial charge in [0.25, 0.3) is 5.91 Å². The van der Waals surface area contributed by atoms with Crippen LogP contribution in [0.1, 0.15) is 52.6 Å². The van der Waals surface area contributed by atoms with Crippen molar-refractivity contribution in [2.75, 3.05) is 5.32 Å². The number of hydrogen-bond acceptors (Lipinski definition) is 3. The first-order chi connectivity index (χ1) is 15.8. The Morgan fingerprint density at radius 3 is 2.48 bits per heavy atom. The van der Waals surface area contributed by atoms with E-state index in [1.165, 1.54) is 23.8 Å². The van der Waals surface area contributed by atoms with Crippen molar-refractivity contribution in [1.82, 2.24) is 4.57 Å². The first-order valence-electron chi connectivity index (χ1n) is 10.9. The summed E-state index contributed by atoms with van der Waals surface area (Å²) in [6.07, 6.45) is 4.94. The van der Waals surface area contributed by atoms with Gasteiger partial charge in [0.1, 0.15) is 11.6 Å². The highest BCUT2D eigenvalue weighted by Crippen LogP contribution is 2.24. The second kappa shape index (κ2) is 10.5. The van der Waals surface area contributed by atoms with Crippen molar-refractivity contribution in [3.8, 4) is 11.8 Å². The Morgan fingerprint density at radius 1 is 1.12 bits per heavy atom. The molecule has 0 spiro atoms. The number of rotatable bonds is 8. The van der Waals surface area contributed by atoms with Crippen molar-refractivity contribution < 1.29 is 14.7 Å². The first-order valence-corrected chi connectivity index (χ1v) is 10.9. The maximum absolute atomic E-state index is 12.7. The molecule has 0 unspecified atom stereocenters. The molecule has 3 rings (SSSR count). The summed E-state index contributed by atoms with van der Waals surface area (Å²) in [6.45, 7) is 6.12. The zero-order chi connectivity index (χ0) is 24.0. The van der Waals surface area contributed by atoms with Crippen LogP contribution >= 0.6 is 0 Å². The van der Waals surface area contributed by atoms with Crippen molar-refractivity contribution in [2.45, 2.75) is 40.0 Å². The van der Waals surface area contributed by atoms with Gasteiger partial charge in [-0.2, -0.15) is 5.26 Å². The molecule has 3 aromatic rings. The number of benzene rings is 2. The number of hydrogen-bond donors (Lipinski definition) is 2. The lowest BCUT2D eigenvalue weighted by Crippen LogP contribution is -2.14. The maximum atomic E-state index is 12.7. The third-order valence-electron chi connectivity index (χ3n) is 5.52. The van der Waals surface area contributed by atoms with Gasteiger partial charge in [-0.15, -0.1) is 0 Å². The zero-order valence-corrected chi connectivity index (χ0v) is 19.1. The van der Waals surface area contributed by atoms with Crippen LogP contribution in [0.25, 0.3) is 11.8 Å². The van der Waals surface area contributed by atoms with Crippen LogP contribution in [0.15, 0.2) is 60.2 Å². The highest BCUT2D eigenvalue weighted by atomic mass is 16.4. The fourth-order valence-corrected chi connectivity index (χ4v) is 3.76. The third-order valence-corrected chi connectivity index (χ3v) is 5.52. The Kier molecular flexibility index (Phi) is 7.47. The molecule has 1 aromatic heterocycles. The van der Waals surface area contributed by atoms with Gasteiger partial charge in [-0.1, -0.05) is 31.5 Å². The van der Waals surface area contributed by atoms with Crippen molar-refractivity contribution in [3.05, 3.63) is 88.2 Å². The monoisotopic (exact) mass is 441 g/mol. The van der Waals surface area contributed by atoms with Crippen LogP contribution in [0.5, 0.6) is 0 Å². The topological polar surface area (TPSA) is 95.1 Å². The quantitative estimate of drug-likeness (QED) is 0.347. The number of nitriles is 1. The molecule has 2 N–H and O–H groups in total. The van der Waals surface area contributed by atoms with E-state index < -0.39 is 11.9 Å². The number of nitrogens with zero attached hydrogens (tertiary/aromatic N) is 2. The largest absolute Gasteiger partial charge is 0.478 e. The number of carboxylic acids is 1. The van der Waals surface area contributed by atoms with Crippen molar-refractivity contribution >= 4 is 23.6 Å². The summed E-state index contributed by atoms with van der Waals surface area (Å²) in [5.41, 5.74) is 5.32. The fraction of sp³-hybridized carbons (Fsp3) is 0.222. The minimum Gasteiger partial charge on any atom is -0.478 e. The molecule has 0 aliphatic rings. The van der Waals surface area contributed by atoms with E-state index in [0.717, 1.165) is 41.9 Å². The highest BCUT2D eigenvalue weighted by Gasteiger charge is 2.15. The lowest BCUT2D eigenvalue weighted by Gasteiger charge is -2.11. The van der Waals surface area contributed by atoms with E-state index in [1.54, 1.807) is 12.1 Å². The van der Waals surface area contributed by atoms with E-state index in [9.17, 15) is 14.9 Å². The summed E-state index contributed by atoms with van der Waals surface area (Å²) in [5.74, 6) is -1.68. The van der Waals surface area contributed by atoms with Crippen molar-refractivity contribution in [2.24, 2.45) is 0 Å². The number of aryl methyl sites for hydroxylation is 2. The summed E-state index contributed by atoms with van der Waals surface area (Å²) in [6, 6.07) is 18.3. The Hall–Kier alpha value is -4.11. The molecule has 0 saturated heterocycles. The molecule has 2 aromatic carbocycles. The van der Waals surface area contributed by atoms with E-state index >= 15 is 0 Å². The van der Waals surface area contributed by atoms with Crippen LogP contribution in [-0.2, 0) is 11.2 Å². The van der Waals surface area contributed by atoms with Gasteiger partial charge in [0.2, 0.25) is 0 Å². The van der Waals surface area contributed by atoms with Crippen LogP contribution in [0.4, 0.5) is 5.69 Å². The molecule has 33 heavy (non-hydrogen) atoms. The zero-order valence-electron chi connectivity index (χ0n) is 19.1. The second-order valence-corrected chi connectivity index (χ2v) is 7.94. The number of carbonyl (C=O) groups is 2. The standard InChI is InChI=1S/C27H27N3O3/c1-4-5-7-20-10-12-25(13-11-20)30-18(2)14-22(19(30)3)15-23(17-28)26(31)29-24-9-6-8-21(16-24)27(32)33/h6,8-16H,4-5,7H2,1-3H3,(H,29,31)(H,32,33). The number of unbranched alkanes of at least 4 members (excludes halogenated alkanes) is 1. The molecule has 0 radical (unpaired) electrons. The summed E-state index contributed by atoms with van der Waals surface area (Å²) < 4.78 is 2.10. The van der Waals surface area contributed by atoms with Crippen LogP contribution in [0.2, 0.25) is 0 Å². The van der Waals surface area contributed by atoms with Crippen LogP contribution in [-0.4, -0.2) is 21.6 Å². The molecule has 6 heteroatoms. The molecular formula is C27H27N3O3. The Bertz CT molecular complexity index is 1240. The lowest BCUT2D eigenvalue weighted by atomic mass is 10.1. The van der Waals surface area contributed by atoms with E-state index in [-0.39, 0.29) is 11.1 Å². The van der Waals surface area contributed by atoms with Crippen LogP contribution < -0.4 is 5.32 Å². The molecule has 0 bridgehead atoms. The molecule has 168 valence electrons. The lowest BCUT2D eigenvalue weighted by molar-refractivity contribution is -0.112. The minimum atomic E-state index is -1.09.